The summed E-state index contributed by atoms with van der Waals surface area (Å²) in [5.74, 6) is 0.659. The van der Waals surface area contributed by atoms with E-state index in [1.807, 2.05) is 6.07 Å². The van der Waals surface area contributed by atoms with E-state index in [0.717, 1.165) is 11.8 Å². The highest BCUT2D eigenvalue weighted by Gasteiger charge is 2.41. The molecule has 17 heavy (non-hydrogen) atoms. The molecule has 1 unspecified atom stereocenters. The SMILES string of the molecule is CC1CC(C)(C)c2cc(C=O)ccc2C1(C)C. The van der Waals surface area contributed by atoms with Gasteiger partial charge in [0.15, 0.2) is 0 Å². The minimum Gasteiger partial charge on any atom is -0.298 e. The van der Waals surface area contributed by atoms with Crippen molar-refractivity contribution in [1.29, 1.82) is 0 Å². The molecular weight excluding hydrogens is 208 g/mol. The molecule has 1 atom stereocenters. The second kappa shape index (κ2) is 3.69. The molecule has 0 N–H and O–H groups in total. The van der Waals surface area contributed by atoms with Gasteiger partial charge in [-0.1, -0.05) is 46.8 Å². The van der Waals surface area contributed by atoms with Crippen molar-refractivity contribution in [1.82, 2.24) is 0 Å². The van der Waals surface area contributed by atoms with E-state index in [0.29, 0.717) is 5.92 Å². The van der Waals surface area contributed by atoms with Crippen molar-refractivity contribution >= 4 is 6.29 Å². The fraction of sp³-hybridized carbons (Fsp3) is 0.562. The predicted octanol–water partition coefficient (Wildman–Crippen LogP) is 4.09. The quantitative estimate of drug-likeness (QED) is 0.664. The molecule has 0 spiro atoms. The fourth-order valence-corrected chi connectivity index (χ4v) is 3.15. The van der Waals surface area contributed by atoms with Gasteiger partial charge in [0, 0.05) is 5.56 Å². The Morgan fingerprint density at radius 1 is 1.18 bits per heavy atom. The Balaban J connectivity index is 2.68. The van der Waals surface area contributed by atoms with Gasteiger partial charge in [0.2, 0.25) is 0 Å². The molecule has 0 saturated carbocycles. The average molecular weight is 230 g/mol. The van der Waals surface area contributed by atoms with Gasteiger partial charge in [0.05, 0.1) is 0 Å². The first-order chi connectivity index (χ1) is 7.79. The van der Waals surface area contributed by atoms with Crippen LogP contribution in [-0.4, -0.2) is 6.29 Å². The first-order valence-corrected chi connectivity index (χ1v) is 6.39. The third-order valence-electron chi connectivity index (χ3n) is 4.65. The van der Waals surface area contributed by atoms with Gasteiger partial charge in [0.25, 0.3) is 0 Å². The first kappa shape index (κ1) is 12.3. The number of hydrogen-bond donors (Lipinski definition) is 0. The van der Waals surface area contributed by atoms with Crippen molar-refractivity contribution in [2.75, 3.05) is 0 Å². The van der Waals surface area contributed by atoms with E-state index in [4.69, 9.17) is 0 Å². The number of fused-ring (bicyclic) bond motifs is 1. The van der Waals surface area contributed by atoms with Crippen LogP contribution in [-0.2, 0) is 10.8 Å². The number of hydrogen-bond acceptors (Lipinski definition) is 1. The molecule has 1 aliphatic rings. The molecule has 0 saturated heterocycles. The van der Waals surface area contributed by atoms with Crippen LogP contribution in [0.25, 0.3) is 0 Å². The fourth-order valence-electron chi connectivity index (χ4n) is 3.15. The van der Waals surface area contributed by atoms with Crippen LogP contribution in [0.3, 0.4) is 0 Å². The minimum absolute atomic E-state index is 0.170. The molecule has 1 aliphatic carbocycles. The molecule has 0 amide bonds. The van der Waals surface area contributed by atoms with Gasteiger partial charge in [-0.3, -0.25) is 4.79 Å². The lowest BCUT2D eigenvalue weighted by atomic mass is 9.58. The molecule has 0 aromatic heterocycles. The van der Waals surface area contributed by atoms with Crippen LogP contribution in [0.1, 0.15) is 62.5 Å². The van der Waals surface area contributed by atoms with Gasteiger partial charge in [-0.25, -0.2) is 0 Å². The van der Waals surface area contributed by atoms with Gasteiger partial charge in [-0.2, -0.15) is 0 Å². The average Bonchev–Trinajstić information content (AvgIpc) is 2.26. The van der Waals surface area contributed by atoms with E-state index in [1.165, 1.54) is 17.5 Å². The van der Waals surface area contributed by atoms with Gasteiger partial charge in [0.1, 0.15) is 6.29 Å². The summed E-state index contributed by atoms with van der Waals surface area (Å²) in [6, 6.07) is 6.17. The molecule has 0 heterocycles. The molecule has 0 fully saturated rings. The van der Waals surface area contributed by atoms with Crippen LogP contribution in [0.4, 0.5) is 0 Å². The molecule has 0 radical (unpaired) electrons. The smallest absolute Gasteiger partial charge is 0.150 e. The topological polar surface area (TPSA) is 17.1 Å². The van der Waals surface area contributed by atoms with Gasteiger partial charge >= 0.3 is 0 Å². The molecule has 0 bridgehead atoms. The zero-order chi connectivity index (χ0) is 12.8. The molecule has 1 aromatic carbocycles. The normalized spacial score (nSPS) is 25.1. The lowest BCUT2D eigenvalue weighted by Crippen LogP contribution is -2.40. The van der Waals surface area contributed by atoms with Crippen molar-refractivity contribution in [2.24, 2.45) is 5.92 Å². The van der Waals surface area contributed by atoms with Gasteiger partial charge < -0.3 is 0 Å². The maximum Gasteiger partial charge on any atom is 0.150 e. The monoisotopic (exact) mass is 230 g/mol. The maximum absolute atomic E-state index is 10.9. The minimum atomic E-state index is 0.170. The van der Waals surface area contributed by atoms with E-state index in [9.17, 15) is 4.79 Å². The molecule has 1 nitrogen and oxygen atoms in total. The molecule has 2 rings (SSSR count). The third kappa shape index (κ3) is 1.82. The Kier molecular flexibility index (Phi) is 2.68. The van der Waals surface area contributed by atoms with Crippen molar-refractivity contribution in [3.63, 3.8) is 0 Å². The van der Waals surface area contributed by atoms with Gasteiger partial charge in [-0.05, 0) is 40.4 Å². The Bertz CT molecular complexity index is 455. The van der Waals surface area contributed by atoms with E-state index in [2.05, 4.69) is 46.8 Å². The van der Waals surface area contributed by atoms with E-state index in [-0.39, 0.29) is 10.8 Å². The molecule has 0 aliphatic heterocycles. The van der Waals surface area contributed by atoms with E-state index < -0.39 is 0 Å². The Morgan fingerprint density at radius 2 is 1.82 bits per heavy atom. The number of carbonyl (C=O) groups is 1. The van der Waals surface area contributed by atoms with Crippen LogP contribution in [0.5, 0.6) is 0 Å². The van der Waals surface area contributed by atoms with Crippen molar-refractivity contribution in [3.8, 4) is 0 Å². The number of aldehydes is 1. The summed E-state index contributed by atoms with van der Waals surface area (Å²) in [6.07, 6.45) is 2.12. The zero-order valence-corrected chi connectivity index (χ0v) is 11.5. The highest BCUT2D eigenvalue weighted by Crippen LogP contribution is 2.48. The second-order valence-corrected chi connectivity index (χ2v) is 6.63. The summed E-state index contributed by atoms with van der Waals surface area (Å²) in [5, 5.41) is 0. The van der Waals surface area contributed by atoms with Crippen molar-refractivity contribution in [2.45, 2.75) is 51.9 Å². The zero-order valence-electron chi connectivity index (χ0n) is 11.5. The third-order valence-corrected chi connectivity index (χ3v) is 4.65. The summed E-state index contributed by atoms with van der Waals surface area (Å²) in [4.78, 5) is 10.9. The lowest BCUT2D eigenvalue weighted by molar-refractivity contribution is 0.112. The highest BCUT2D eigenvalue weighted by atomic mass is 16.1. The molecule has 1 heteroatoms. The van der Waals surface area contributed by atoms with Crippen molar-refractivity contribution < 1.29 is 4.79 Å². The molecular formula is C16H22O. The summed E-state index contributed by atoms with van der Waals surface area (Å²) < 4.78 is 0. The van der Waals surface area contributed by atoms with Crippen LogP contribution in [0.2, 0.25) is 0 Å². The number of rotatable bonds is 1. The number of carbonyl (C=O) groups excluding carboxylic acids is 1. The van der Waals surface area contributed by atoms with Crippen molar-refractivity contribution in [3.05, 3.63) is 34.9 Å². The van der Waals surface area contributed by atoms with Gasteiger partial charge in [-0.15, -0.1) is 0 Å². The standard InChI is InChI=1S/C16H22O/c1-11-9-15(2,3)14-8-12(10-17)6-7-13(14)16(11,4)5/h6-8,10-11H,9H2,1-5H3. The summed E-state index contributed by atoms with van der Waals surface area (Å²) in [6.45, 7) is 11.5. The van der Waals surface area contributed by atoms with Crippen LogP contribution >= 0.6 is 0 Å². The van der Waals surface area contributed by atoms with E-state index in [1.54, 1.807) is 0 Å². The molecule has 1 aromatic rings. The van der Waals surface area contributed by atoms with E-state index >= 15 is 0 Å². The predicted molar refractivity (Wildman–Crippen MR) is 71.7 cm³/mol. The number of benzene rings is 1. The van der Waals surface area contributed by atoms with Crippen LogP contribution in [0.15, 0.2) is 18.2 Å². The lowest BCUT2D eigenvalue weighted by Gasteiger charge is -2.46. The summed E-state index contributed by atoms with van der Waals surface area (Å²) in [5.41, 5.74) is 3.93. The maximum atomic E-state index is 10.9. The van der Waals surface area contributed by atoms with Crippen LogP contribution < -0.4 is 0 Å². The summed E-state index contributed by atoms with van der Waals surface area (Å²) >= 11 is 0. The second-order valence-electron chi connectivity index (χ2n) is 6.63. The largest absolute Gasteiger partial charge is 0.298 e. The highest BCUT2D eigenvalue weighted by molar-refractivity contribution is 5.75. The Morgan fingerprint density at radius 3 is 2.41 bits per heavy atom. The molecule has 92 valence electrons. The first-order valence-electron chi connectivity index (χ1n) is 6.39. The Hall–Kier alpha value is -1.11. The Labute approximate surface area is 104 Å². The van der Waals surface area contributed by atoms with Crippen LogP contribution in [0, 0.1) is 5.92 Å². The summed E-state index contributed by atoms with van der Waals surface area (Å²) in [7, 11) is 0.